The van der Waals surface area contributed by atoms with Gasteiger partial charge in [-0.2, -0.15) is 0 Å². The predicted octanol–water partition coefficient (Wildman–Crippen LogP) is 2.89. The van der Waals surface area contributed by atoms with Crippen molar-refractivity contribution in [2.75, 3.05) is 6.61 Å². The lowest BCUT2D eigenvalue weighted by Gasteiger charge is -2.26. The number of carboxylic acids is 1. The molecule has 0 heterocycles. The number of aliphatic carboxylic acids is 1. The van der Waals surface area contributed by atoms with Crippen LogP contribution in [0.4, 0.5) is 0 Å². The second-order valence-corrected chi connectivity index (χ2v) is 5.06. The summed E-state index contributed by atoms with van der Waals surface area (Å²) in [4.78, 5) is 23.7. The van der Waals surface area contributed by atoms with Crippen LogP contribution in [0.2, 0.25) is 0 Å². The molecule has 1 N–H and O–H groups in total. The third kappa shape index (κ3) is 3.18. The molecule has 0 aliphatic carbocycles. The molecule has 0 amide bonds. The number of carbonyl (C=O) groups excluding carboxylic acids is 1. The van der Waals surface area contributed by atoms with E-state index in [1.165, 1.54) is 0 Å². The molecule has 4 heteroatoms. The number of benzene rings is 1. The van der Waals surface area contributed by atoms with Gasteiger partial charge in [0.1, 0.15) is 0 Å². The van der Waals surface area contributed by atoms with Gasteiger partial charge in [0, 0.05) is 0 Å². The third-order valence-corrected chi connectivity index (χ3v) is 3.76. The number of esters is 1. The van der Waals surface area contributed by atoms with Crippen LogP contribution in [-0.4, -0.2) is 23.7 Å². The Kier molecular flexibility index (Phi) is 5.31. The van der Waals surface area contributed by atoms with E-state index in [4.69, 9.17) is 4.74 Å². The van der Waals surface area contributed by atoms with Crippen LogP contribution in [0, 0.1) is 19.3 Å². The first-order valence-electron chi connectivity index (χ1n) is 6.84. The van der Waals surface area contributed by atoms with Crippen molar-refractivity contribution >= 4 is 11.9 Å². The summed E-state index contributed by atoms with van der Waals surface area (Å²) >= 11 is 0. The number of hydrogen-bond donors (Lipinski definition) is 1. The SMILES string of the molecule is CCOC(=O)C(CC)(Cc1ccc(C)c(C)c1)C(=O)O. The van der Waals surface area contributed by atoms with Gasteiger partial charge in [-0.3, -0.25) is 9.59 Å². The molecule has 0 saturated carbocycles. The molecule has 0 radical (unpaired) electrons. The molecule has 0 fully saturated rings. The number of ether oxygens (including phenoxy) is 1. The monoisotopic (exact) mass is 278 g/mol. The van der Waals surface area contributed by atoms with E-state index in [1.807, 2.05) is 32.0 Å². The van der Waals surface area contributed by atoms with Crippen LogP contribution in [0.15, 0.2) is 18.2 Å². The first-order valence-corrected chi connectivity index (χ1v) is 6.84. The minimum Gasteiger partial charge on any atom is -0.480 e. The zero-order valence-electron chi connectivity index (χ0n) is 12.5. The summed E-state index contributed by atoms with van der Waals surface area (Å²) in [5.74, 6) is -1.79. The molecule has 4 nitrogen and oxygen atoms in total. The number of rotatable bonds is 6. The molecule has 110 valence electrons. The molecular weight excluding hydrogens is 256 g/mol. The van der Waals surface area contributed by atoms with Crippen molar-refractivity contribution in [3.8, 4) is 0 Å². The first kappa shape index (κ1) is 16.2. The normalized spacial score (nSPS) is 13.6. The molecule has 20 heavy (non-hydrogen) atoms. The summed E-state index contributed by atoms with van der Waals surface area (Å²) in [5, 5.41) is 9.51. The van der Waals surface area contributed by atoms with Crippen molar-refractivity contribution in [2.45, 2.75) is 40.5 Å². The van der Waals surface area contributed by atoms with E-state index >= 15 is 0 Å². The average molecular weight is 278 g/mol. The molecule has 0 aliphatic rings. The van der Waals surface area contributed by atoms with E-state index in [1.54, 1.807) is 13.8 Å². The van der Waals surface area contributed by atoms with Crippen LogP contribution >= 0.6 is 0 Å². The first-order chi connectivity index (χ1) is 9.37. The lowest BCUT2D eigenvalue weighted by Crippen LogP contribution is -2.42. The van der Waals surface area contributed by atoms with Crippen molar-refractivity contribution in [1.82, 2.24) is 0 Å². The largest absolute Gasteiger partial charge is 0.480 e. The Balaban J connectivity index is 3.15. The summed E-state index contributed by atoms with van der Waals surface area (Å²) in [6.45, 7) is 7.52. The number of hydrogen-bond acceptors (Lipinski definition) is 3. The fourth-order valence-electron chi connectivity index (χ4n) is 2.19. The molecule has 0 bridgehead atoms. The van der Waals surface area contributed by atoms with Gasteiger partial charge in [0.05, 0.1) is 6.61 Å². The van der Waals surface area contributed by atoms with Crippen LogP contribution < -0.4 is 0 Å². The minimum absolute atomic E-state index is 0.152. The summed E-state index contributed by atoms with van der Waals surface area (Å²) in [7, 11) is 0. The Morgan fingerprint density at radius 2 is 1.85 bits per heavy atom. The third-order valence-electron chi connectivity index (χ3n) is 3.76. The maximum Gasteiger partial charge on any atom is 0.323 e. The van der Waals surface area contributed by atoms with Crippen LogP contribution in [0.3, 0.4) is 0 Å². The number of carboxylic acid groups (broad SMARTS) is 1. The van der Waals surface area contributed by atoms with E-state index in [0.29, 0.717) is 0 Å². The molecule has 1 aromatic carbocycles. The Hall–Kier alpha value is -1.84. The van der Waals surface area contributed by atoms with Crippen LogP contribution in [0.25, 0.3) is 0 Å². The summed E-state index contributed by atoms with van der Waals surface area (Å²) in [6, 6.07) is 5.74. The topological polar surface area (TPSA) is 63.6 Å². The maximum atomic E-state index is 12.1. The van der Waals surface area contributed by atoms with Crippen molar-refractivity contribution in [3.05, 3.63) is 34.9 Å². The minimum atomic E-state index is -1.50. The fourth-order valence-corrected chi connectivity index (χ4v) is 2.19. The molecule has 0 spiro atoms. The van der Waals surface area contributed by atoms with Gasteiger partial charge >= 0.3 is 11.9 Å². The smallest absolute Gasteiger partial charge is 0.323 e. The van der Waals surface area contributed by atoms with E-state index in [0.717, 1.165) is 16.7 Å². The van der Waals surface area contributed by atoms with Crippen LogP contribution in [-0.2, 0) is 20.7 Å². The summed E-state index contributed by atoms with van der Waals surface area (Å²) < 4.78 is 4.97. The Bertz CT molecular complexity index is 507. The van der Waals surface area contributed by atoms with E-state index in [-0.39, 0.29) is 19.4 Å². The van der Waals surface area contributed by atoms with Gasteiger partial charge in [0.25, 0.3) is 0 Å². The fraction of sp³-hybridized carbons (Fsp3) is 0.500. The highest BCUT2D eigenvalue weighted by atomic mass is 16.5. The van der Waals surface area contributed by atoms with Gasteiger partial charge in [0.2, 0.25) is 0 Å². The van der Waals surface area contributed by atoms with Crippen LogP contribution in [0.1, 0.15) is 37.0 Å². The molecule has 1 rings (SSSR count). The zero-order chi connectivity index (χ0) is 15.3. The molecule has 1 atom stereocenters. The van der Waals surface area contributed by atoms with Gasteiger partial charge in [-0.15, -0.1) is 0 Å². The standard InChI is InChI=1S/C16H22O4/c1-5-16(14(17)18,15(19)20-6-2)10-13-8-7-11(3)12(4)9-13/h7-9H,5-6,10H2,1-4H3,(H,17,18). The Morgan fingerprint density at radius 1 is 1.20 bits per heavy atom. The second kappa shape index (κ2) is 6.55. The highest BCUT2D eigenvalue weighted by molar-refractivity contribution is 5.99. The summed E-state index contributed by atoms with van der Waals surface area (Å²) in [6.07, 6.45) is 0.354. The molecule has 0 aliphatic heterocycles. The number of aryl methyl sites for hydroxylation is 2. The quantitative estimate of drug-likeness (QED) is 0.642. The molecule has 1 unspecified atom stereocenters. The average Bonchev–Trinajstić information content (AvgIpc) is 2.40. The van der Waals surface area contributed by atoms with Gasteiger partial charge in [0.15, 0.2) is 5.41 Å². The van der Waals surface area contributed by atoms with E-state index in [2.05, 4.69) is 0 Å². The van der Waals surface area contributed by atoms with Crippen molar-refractivity contribution in [1.29, 1.82) is 0 Å². The van der Waals surface area contributed by atoms with Crippen molar-refractivity contribution in [3.63, 3.8) is 0 Å². The van der Waals surface area contributed by atoms with Crippen LogP contribution in [0.5, 0.6) is 0 Å². The second-order valence-electron chi connectivity index (χ2n) is 5.06. The van der Waals surface area contributed by atoms with Gasteiger partial charge in [-0.25, -0.2) is 0 Å². The highest BCUT2D eigenvalue weighted by Gasteiger charge is 2.46. The van der Waals surface area contributed by atoms with Crippen molar-refractivity contribution < 1.29 is 19.4 Å². The molecular formula is C16H22O4. The molecule has 0 saturated heterocycles. The zero-order valence-corrected chi connectivity index (χ0v) is 12.5. The van der Waals surface area contributed by atoms with E-state index < -0.39 is 17.4 Å². The van der Waals surface area contributed by atoms with Crippen molar-refractivity contribution in [2.24, 2.45) is 5.41 Å². The highest BCUT2D eigenvalue weighted by Crippen LogP contribution is 2.30. The summed E-state index contributed by atoms with van der Waals surface area (Å²) in [5.41, 5.74) is 1.56. The lowest BCUT2D eigenvalue weighted by molar-refractivity contribution is -0.168. The van der Waals surface area contributed by atoms with E-state index in [9.17, 15) is 14.7 Å². The number of carbonyl (C=O) groups is 2. The maximum absolute atomic E-state index is 12.1. The molecule has 0 aromatic heterocycles. The molecule has 1 aromatic rings. The Morgan fingerprint density at radius 3 is 2.30 bits per heavy atom. The van der Waals surface area contributed by atoms with Gasteiger partial charge in [-0.1, -0.05) is 25.1 Å². The Labute approximate surface area is 119 Å². The predicted molar refractivity (Wildman–Crippen MR) is 76.6 cm³/mol. The lowest BCUT2D eigenvalue weighted by atomic mass is 9.79. The van der Waals surface area contributed by atoms with Gasteiger partial charge in [-0.05, 0) is 50.3 Å². The van der Waals surface area contributed by atoms with Gasteiger partial charge < -0.3 is 9.84 Å².